The Labute approximate surface area is 123 Å². The summed E-state index contributed by atoms with van der Waals surface area (Å²) in [6, 6.07) is 3.76. The molecule has 0 bridgehead atoms. The lowest BCUT2D eigenvalue weighted by Gasteiger charge is -2.21. The van der Waals surface area contributed by atoms with Crippen molar-refractivity contribution < 1.29 is 9.47 Å². The Hall–Kier alpha value is -1.11. The first-order valence-corrected chi connectivity index (χ1v) is 7.23. The Bertz CT molecular complexity index is 603. The summed E-state index contributed by atoms with van der Waals surface area (Å²) in [6.45, 7) is 1.36. The van der Waals surface area contributed by atoms with Crippen LogP contribution >= 0.6 is 27.5 Å². The molecule has 0 spiro atoms. The van der Waals surface area contributed by atoms with Crippen LogP contribution in [0.4, 0.5) is 0 Å². The molecule has 0 fully saturated rings. The first kappa shape index (κ1) is 12.9. The van der Waals surface area contributed by atoms with Crippen LogP contribution in [0.2, 0.25) is 5.02 Å². The number of rotatable bonds is 3. The summed E-state index contributed by atoms with van der Waals surface area (Å²) in [5.74, 6) is 0.839. The maximum atomic E-state index is 6.12. The van der Waals surface area contributed by atoms with Gasteiger partial charge in [-0.1, -0.05) is 32.7 Å². The van der Waals surface area contributed by atoms with Crippen LogP contribution < -0.4 is 4.74 Å². The Kier molecular flexibility index (Phi) is 3.72. The fraction of sp³-hybridized carbons (Fsp3) is 0.333. The highest BCUT2D eigenvalue weighted by molar-refractivity contribution is 9.08. The molecule has 1 aliphatic rings. The summed E-state index contributed by atoms with van der Waals surface area (Å²) < 4.78 is 12.6. The first-order valence-electron chi connectivity index (χ1n) is 5.73. The molecular weight excluding hydrogens is 334 g/mol. The fourth-order valence-corrected chi connectivity index (χ4v) is 2.55. The third-order valence-electron chi connectivity index (χ3n) is 2.81. The van der Waals surface area contributed by atoms with E-state index in [1.54, 1.807) is 4.68 Å². The SMILES string of the molecule is Clc1cc2c(c(Cn3cc(CBr)nn3)c1)OCOC2. The number of alkyl halides is 1. The molecule has 2 heterocycles. The second kappa shape index (κ2) is 5.48. The number of ether oxygens (including phenoxy) is 2. The number of halogens is 2. The molecule has 5 nitrogen and oxygen atoms in total. The number of fused-ring (bicyclic) bond motifs is 1. The summed E-state index contributed by atoms with van der Waals surface area (Å²) in [4.78, 5) is 0. The van der Waals surface area contributed by atoms with Crippen molar-refractivity contribution in [3.63, 3.8) is 0 Å². The quantitative estimate of drug-likeness (QED) is 0.803. The monoisotopic (exact) mass is 343 g/mol. The predicted molar refractivity (Wildman–Crippen MR) is 73.5 cm³/mol. The van der Waals surface area contributed by atoms with Crippen LogP contribution in [-0.2, 0) is 23.2 Å². The Balaban J connectivity index is 1.93. The lowest BCUT2D eigenvalue weighted by Crippen LogP contribution is -2.14. The maximum Gasteiger partial charge on any atom is 0.189 e. The zero-order chi connectivity index (χ0) is 13.2. The highest BCUT2D eigenvalue weighted by Crippen LogP contribution is 2.32. The maximum absolute atomic E-state index is 6.12. The predicted octanol–water partition coefficient (Wildman–Crippen LogP) is 2.74. The van der Waals surface area contributed by atoms with Gasteiger partial charge in [0.15, 0.2) is 6.79 Å². The van der Waals surface area contributed by atoms with E-state index in [0.29, 0.717) is 23.5 Å². The normalized spacial score (nSPS) is 14.0. The molecule has 1 aliphatic heterocycles. The molecule has 0 radical (unpaired) electrons. The molecule has 0 unspecified atom stereocenters. The minimum Gasteiger partial charge on any atom is -0.467 e. The lowest BCUT2D eigenvalue weighted by molar-refractivity contribution is -0.0171. The second-order valence-electron chi connectivity index (χ2n) is 4.20. The van der Waals surface area contributed by atoms with Crippen LogP contribution in [0.1, 0.15) is 16.8 Å². The van der Waals surface area contributed by atoms with E-state index in [2.05, 4.69) is 26.2 Å². The van der Waals surface area contributed by atoms with Gasteiger partial charge in [-0.05, 0) is 12.1 Å². The van der Waals surface area contributed by atoms with Crippen LogP contribution in [-0.4, -0.2) is 21.8 Å². The molecule has 7 heteroatoms. The van der Waals surface area contributed by atoms with Crippen LogP contribution in [0.5, 0.6) is 5.75 Å². The van der Waals surface area contributed by atoms with E-state index < -0.39 is 0 Å². The van der Waals surface area contributed by atoms with Crippen LogP contribution in [0.25, 0.3) is 0 Å². The molecule has 100 valence electrons. The Morgan fingerprint density at radius 3 is 3.11 bits per heavy atom. The molecule has 0 saturated carbocycles. The van der Waals surface area contributed by atoms with E-state index in [1.807, 2.05) is 18.3 Å². The average molecular weight is 345 g/mol. The van der Waals surface area contributed by atoms with Gasteiger partial charge in [-0.3, -0.25) is 0 Å². The van der Waals surface area contributed by atoms with E-state index in [9.17, 15) is 0 Å². The van der Waals surface area contributed by atoms with Gasteiger partial charge in [0.2, 0.25) is 0 Å². The molecule has 1 aromatic heterocycles. The number of nitrogens with zero attached hydrogens (tertiary/aromatic N) is 3. The van der Waals surface area contributed by atoms with Gasteiger partial charge in [-0.15, -0.1) is 5.10 Å². The van der Waals surface area contributed by atoms with Gasteiger partial charge in [0.1, 0.15) is 5.75 Å². The van der Waals surface area contributed by atoms with Crippen LogP contribution in [0.3, 0.4) is 0 Å². The van der Waals surface area contributed by atoms with Crippen molar-refractivity contribution in [2.45, 2.75) is 18.5 Å². The first-order chi connectivity index (χ1) is 9.26. The van der Waals surface area contributed by atoms with Crippen LogP contribution in [0.15, 0.2) is 18.3 Å². The van der Waals surface area contributed by atoms with Gasteiger partial charge >= 0.3 is 0 Å². The number of hydrogen-bond donors (Lipinski definition) is 0. The van der Waals surface area contributed by atoms with Crippen molar-refractivity contribution >= 4 is 27.5 Å². The average Bonchev–Trinajstić information content (AvgIpc) is 2.86. The van der Waals surface area contributed by atoms with Gasteiger partial charge < -0.3 is 9.47 Å². The number of hydrogen-bond acceptors (Lipinski definition) is 4. The summed E-state index contributed by atoms with van der Waals surface area (Å²) in [5, 5.41) is 9.46. The molecule has 0 saturated heterocycles. The fourth-order valence-electron chi connectivity index (χ4n) is 2.03. The largest absolute Gasteiger partial charge is 0.467 e. The van der Waals surface area contributed by atoms with Gasteiger partial charge in [-0.25, -0.2) is 4.68 Å². The highest BCUT2D eigenvalue weighted by atomic mass is 79.9. The standard InChI is InChI=1S/C12H11BrClN3O2/c13-3-11-5-17(16-15-11)4-8-1-10(14)2-9-6-18-7-19-12(8)9/h1-2,5H,3-4,6-7H2. The number of aromatic nitrogens is 3. The van der Waals surface area contributed by atoms with E-state index in [4.69, 9.17) is 21.1 Å². The van der Waals surface area contributed by atoms with Crippen molar-refractivity contribution in [2.75, 3.05) is 6.79 Å². The molecule has 3 rings (SSSR count). The third-order valence-corrected chi connectivity index (χ3v) is 3.60. The summed E-state index contributed by atoms with van der Waals surface area (Å²) in [5.41, 5.74) is 2.84. The van der Waals surface area contributed by atoms with Crippen molar-refractivity contribution in [1.82, 2.24) is 15.0 Å². The molecule has 2 aromatic rings. The Morgan fingerprint density at radius 1 is 1.42 bits per heavy atom. The van der Waals surface area contributed by atoms with Crippen molar-refractivity contribution in [1.29, 1.82) is 0 Å². The molecule has 0 amide bonds. The smallest absolute Gasteiger partial charge is 0.189 e. The summed E-state index contributed by atoms with van der Waals surface area (Å²) >= 11 is 9.47. The lowest BCUT2D eigenvalue weighted by atomic mass is 10.1. The molecule has 0 atom stereocenters. The summed E-state index contributed by atoms with van der Waals surface area (Å²) in [6.07, 6.45) is 1.89. The Morgan fingerprint density at radius 2 is 2.32 bits per heavy atom. The van der Waals surface area contributed by atoms with Crippen molar-refractivity contribution in [2.24, 2.45) is 0 Å². The molecule has 0 N–H and O–H groups in total. The minimum absolute atomic E-state index is 0.269. The van der Waals surface area contributed by atoms with E-state index in [-0.39, 0.29) is 6.79 Å². The highest BCUT2D eigenvalue weighted by Gasteiger charge is 2.17. The molecule has 0 aliphatic carbocycles. The van der Waals surface area contributed by atoms with E-state index >= 15 is 0 Å². The van der Waals surface area contributed by atoms with E-state index in [0.717, 1.165) is 22.6 Å². The zero-order valence-corrected chi connectivity index (χ0v) is 12.3. The van der Waals surface area contributed by atoms with Crippen molar-refractivity contribution in [3.05, 3.63) is 40.2 Å². The van der Waals surface area contributed by atoms with Gasteiger partial charge in [-0.2, -0.15) is 0 Å². The molecule has 1 aromatic carbocycles. The molecular formula is C12H11BrClN3O2. The topological polar surface area (TPSA) is 49.2 Å². The number of benzene rings is 1. The molecule has 19 heavy (non-hydrogen) atoms. The van der Waals surface area contributed by atoms with Gasteiger partial charge in [0.25, 0.3) is 0 Å². The van der Waals surface area contributed by atoms with Gasteiger partial charge in [0.05, 0.1) is 18.8 Å². The zero-order valence-electron chi connectivity index (χ0n) is 9.97. The van der Waals surface area contributed by atoms with Crippen LogP contribution in [0, 0.1) is 0 Å². The van der Waals surface area contributed by atoms with E-state index in [1.165, 1.54) is 0 Å². The second-order valence-corrected chi connectivity index (χ2v) is 5.20. The minimum atomic E-state index is 0.269. The third kappa shape index (κ3) is 2.75. The van der Waals surface area contributed by atoms with Gasteiger partial charge in [0, 0.05) is 27.7 Å². The summed E-state index contributed by atoms with van der Waals surface area (Å²) in [7, 11) is 0. The van der Waals surface area contributed by atoms with Crippen molar-refractivity contribution in [3.8, 4) is 5.75 Å².